The molecule has 3 aliphatic rings. The molecule has 1 saturated carbocycles. The van der Waals surface area contributed by atoms with Crippen molar-refractivity contribution in [2.75, 3.05) is 19.7 Å². The van der Waals surface area contributed by atoms with E-state index in [2.05, 4.69) is 45.5 Å². The molecule has 3 atom stereocenters. The normalized spacial score (nSPS) is 19.4. The summed E-state index contributed by atoms with van der Waals surface area (Å²) in [5, 5.41) is 22.8. The maximum atomic E-state index is 14.6. The van der Waals surface area contributed by atoms with E-state index in [1.807, 2.05) is 35.2 Å². The fraction of sp³-hybridized carbons (Fsp3) is 0.395. The number of amides is 2. The summed E-state index contributed by atoms with van der Waals surface area (Å²) in [4.78, 5) is 42.5. The zero-order valence-electron chi connectivity index (χ0n) is 27.2. The Morgan fingerprint density at radius 3 is 2.47 bits per heavy atom. The van der Waals surface area contributed by atoms with Crippen molar-refractivity contribution >= 4 is 39.3 Å². The van der Waals surface area contributed by atoms with E-state index in [1.165, 1.54) is 12.1 Å². The number of aliphatic hydroxyl groups excluding tert-OH is 1. The van der Waals surface area contributed by atoms with E-state index in [0.717, 1.165) is 47.9 Å². The topological polar surface area (TPSA) is 119 Å². The second-order valence-electron chi connectivity index (χ2n) is 13.1. The van der Waals surface area contributed by atoms with E-state index in [4.69, 9.17) is 9.84 Å². The number of benzene rings is 3. The molecule has 6 rings (SSSR count). The van der Waals surface area contributed by atoms with Crippen LogP contribution in [-0.2, 0) is 27.3 Å². The molecule has 11 heteroatoms. The van der Waals surface area contributed by atoms with Gasteiger partial charge >= 0.3 is 5.97 Å². The highest BCUT2D eigenvalue weighted by Crippen LogP contribution is 2.37. The molecule has 3 N–H and O–H groups in total. The number of carboxylic acid groups (broad SMARTS) is 1. The summed E-state index contributed by atoms with van der Waals surface area (Å²) in [6.07, 6.45) is 1.90. The summed E-state index contributed by atoms with van der Waals surface area (Å²) >= 11 is 3.39. The zero-order chi connectivity index (χ0) is 34.5. The fourth-order valence-corrected chi connectivity index (χ4v) is 7.14. The largest absolute Gasteiger partial charge is 0.492 e. The van der Waals surface area contributed by atoms with E-state index < -0.39 is 24.5 Å². The van der Waals surface area contributed by atoms with Gasteiger partial charge in [0.25, 0.3) is 5.91 Å². The van der Waals surface area contributed by atoms with Gasteiger partial charge in [-0.25, -0.2) is 4.39 Å². The molecular weight excluding hydrogens is 693 g/mol. The van der Waals surface area contributed by atoms with Crippen LogP contribution in [0.2, 0.25) is 0 Å². The van der Waals surface area contributed by atoms with Gasteiger partial charge in [-0.05, 0) is 82.4 Å². The van der Waals surface area contributed by atoms with Gasteiger partial charge in [-0.2, -0.15) is 0 Å². The molecular formula is C38H41BrFN3O6. The average Bonchev–Trinajstić information content (AvgIpc) is 3.92. The van der Waals surface area contributed by atoms with Crippen LogP contribution in [0.5, 0.6) is 5.75 Å². The second kappa shape index (κ2) is 15.7. The predicted molar refractivity (Wildman–Crippen MR) is 186 cm³/mol. The van der Waals surface area contributed by atoms with E-state index >= 15 is 0 Å². The highest BCUT2D eigenvalue weighted by atomic mass is 79.9. The molecule has 2 bridgehead atoms. The lowest BCUT2D eigenvalue weighted by atomic mass is 9.82. The zero-order valence-corrected chi connectivity index (χ0v) is 28.8. The number of nitrogens with zero attached hydrogens (tertiary/aromatic N) is 2. The van der Waals surface area contributed by atoms with Crippen LogP contribution in [0.1, 0.15) is 55.2 Å². The number of piperazine rings is 1. The summed E-state index contributed by atoms with van der Waals surface area (Å²) in [5.41, 5.74) is 4.77. The number of halogens is 2. The van der Waals surface area contributed by atoms with Crippen LogP contribution in [0.25, 0.3) is 5.57 Å². The Bertz CT molecular complexity index is 1700. The van der Waals surface area contributed by atoms with Crippen LogP contribution in [0.4, 0.5) is 4.39 Å². The van der Waals surface area contributed by atoms with Crippen molar-refractivity contribution in [3.8, 4) is 5.75 Å². The van der Waals surface area contributed by atoms with Crippen LogP contribution >= 0.6 is 15.9 Å². The number of nitrogens with one attached hydrogen (secondary N) is 1. The van der Waals surface area contributed by atoms with E-state index in [0.29, 0.717) is 41.9 Å². The molecule has 2 fully saturated rings. The van der Waals surface area contributed by atoms with Crippen LogP contribution in [0.15, 0.2) is 82.8 Å². The van der Waals surface area contributed by atoms with Crippen molar-refractivity contribution < 1.29 is 33.7 Å². The molecule has 3 aromatic rings. The third kappa shape index (κ3) is 8.95. The molecule has 9 nitrogen and oxygen atoms in total. The Morgan fingerprint density at radius 2 is 1.76 bits per heavy atom. The average molecular weight is 735 g/mol. The molecule has 2 heterocycles. The molecule has 2 amide bonds. The van der Waals surface area contributed by atoms with E-state index in [9.17, 15) is 23.9 Å². The Balaban J connectivity index is 1.22. The number of carbonyl (C=O) groups is 3. The van der Waals surface area contributed by atoms with Gasteiger partial charge in [0, 0.05) is 43.4 Å². The number of carboxylic acids is 1. The quantitative estimate of drug-likeness (QED) is 0.192. The maximum Gasteiger partial charge on any atom is 0.305 e. The highest BCUT2D eigenvalue weighted by Gasteiger charge is 2.43. The third-order valence-corrected chi connectivity index (χ3v) is 9.97. The van der Waals surface area contributed by atoms with E-state index in [1.54, 1.807) is 11.0 Å². The summed E-state index contributed by atoms with van der Waals surface area (Å²) in [5.74, 6) is -1.39. The molecule has 0 unspecified atom stereocenters. The van der Waals surface area contributed by atoms with Crippen molar-refractivity contribution in [1.29, 1.82) is 0 Å². The van der Waals surface area contributed by atoms with Crippen LogP contribution in [0.3, 0.4) is 0 Å². The minimum absolute atomic E-state index is 0.0396. The predicted octanol–water partition coefficient (Wildman–Crippen LogP) is 5.34. The first-order valence-corrected chi connectivity index (χ1v) is 17.6. The second-order valence-corrected chi connectivity index (χ2v) is 14.0. The lowest BCUT2D eigenvalue weighted by Gasteiger charge is -2.45. The first-order chi connectivity index (χ1) is 23.6. The number of carbonyl (C=O) groups excluding carboxylic acids is 2. The SMILES string of the molecule is O=C(O)C[C@H](O)CC(=O)N1C[C@H]2CC(c3ccc(CCCOc4cc(F)ccc4Br)cc3)=C(C(=O)N(Cc3ccccc3)C3CC3)[C@@H](C1)N2. The minimum atomic E-state index is -1.27. The summed E-state index contributed by atoms with van der Waals surface area (Å²) in [6.45, 7) is 1.58. The minimum Gasteiger partial charge on any atom is -0.492 e. The summed E-state index contributed by atoms with van der Waals surface area (Å²) in [7, 11) is 0. The molecule has 0 aromatic heterocycles. The number of fused-ring (bicyclic) bond motifs is 2. The van der Waals surface area contributed by atoms with Gasteiger partial charge in [-0.3, -0.25) is 14.4 Å². The first kappa shape index (κ1) is 34.8. The molecule has 1 saturated heterocycles. The van der Waals surface area contributed by atoms with Crippen molar-refractivity contribution in [2.45, 2.75) is 75.7 Å². The Kier molecular flexibility index (Phi) is 11.1. The van der Waals surface area contributed by atoms with Gasteiger partial charge in [-0.15, -0.1) is 0 Å². The fourth-order valence-electron chi connectivity index (χ4n) is 6.78. The Labute approximate surface area is 293 Å². The lowest BCUT2D eigenvalue weighted by Crippen LogP contribution is -2.62. The molecule has 49 heavy (non-hydrogen) atoms. The van der Waals surface area contributed by atoms with Crippen LogP contribution in [0, 0.1) is 5.82 Å². The smallest absolute Gasteiger partial charge is 0.305 e. The highest BCUT2D eigenvalue weighted by molar-refractivity contribution is 9.10. The number of aliphatic hydroxyl groups is 1. The number of rotatable bonds is 14. The van der Waals surface area contributed by atoms with Gasteiger partial charge in [0.2, 0.25) is 5.91 Å². The van der Waals surface area contributed by atoms with Crippen molar-refractivity contribution in [3.05, 3.63) is 105 Å². The van der Waals surface area contributed by atoms with Gasteiger partial charge in [-0.1, -0.05) is 54.6 Å². The Hall–Kier alpha value is -4.06. The molecule has 0 spiro atoms. The molecule has 0 radical (unpaired) electrons. The van der Waals surface area contributed by atoms with Crippen LogP contribution in [-0.4, -0.2) is 81.7 Å². The van der Waals surface area contributed by atoms with E-state index in [-0.39, 0.29) is 42.7 Å². The van der Waals surface area contributed by atoms with Crippen molar-refractivity contribution in [3.63, 3.8) is 0 Å². The first-order valence-electron chi connectivity index (χ1n) is 16.8. The summed E-state index contributed by atoms with van der Waals surface area (Å²) in [6, 6.07) is 22.2. The molecule has 3 aromatic carbocycles. The number of aryl methyl sites for hydroxylation is 1. The maximum absolute atomic E-state index is 14.6. The molecule has 2 aliphatic heterocycles. The third-order valence-electron chi connectivity index (χ3n) is 9.32. The standard InChI is InChI=1S/C38H41BrFN3O6/c39-32-15-12-27(40)17-34(32)49-16-4-7-24-8-10-26(11-9-24)31-18-28-22-42(35(45)19-30(44)20-36(46)47)23-33(41-28)37(31)38(48)43(29-13-14-29)21-25-5-2-1-3-6-25/h1-3,5-6,8-12,15,17,28-30,33,41,44H,4,7,13-14,16,18-23H2,(H,46,47)/t28-,30-,33-/m1/s1. The Morgan fingerprint density at radius 1 is 1.00 bits per heavy atom. The van der Waals surface area contributed by atoms with Gasteiger partial charge < -0.3 is 30.1 Å². The van der Waals surface area contributed by atoms with Gasteiger partial charge in [0.1, 0.15) is 11.6 Å². The van der Waals surface area contributed by atoms with Crippen molar-refractivity contribution in [1.82, 2.24) is 15.1 Å². The van der Waals surface area contributed by atoms with Crippen LogP contribution < -0.4 is 10.1 Å². The number of ether oxygens (including phenoxy) is 1. The number of hydrogen-bond donors (Lipinski definition) is 3. The number of hydrogen-bond acceptors (Lipinski definition) is 6. The molecule has 1 aliphatic carbocycles. The summed E-state index contributed by atoms with van der Waals surface area (Å²) < 4.78 is 20.1. The number of aliphatic carboxylic acids is 1. The van der Waals surface area contributed by atoms with Crippen molar-refractivity contribution in [2.24, 2.45) is 0 Å². The lowest BCUT2D eigenvalue weighted by molar-refractivity contribution is -0.141. The van der Waals surface area contributed by atoms with Gasteiger partial charge in [0.15, 0.2) is 0 Å². The monoisotopic (exact) mass is 733 g/mol. The van der Waals surface area contributed by atoms with Gasteiger partial charge in [0.05, 0.1) is 36.1 Å². The molecule has 258 valence electrons.